The molecule has 13 heavy (non-hydrogen) atoms. The van der Waals surface area contributed by atoms with Crippen molar-refractivity contribution in [2.24, 2.45) is 16.5 Å². The van der Waals surface area contributed by atoms with Crippen LogP contribution < -0.4 is 11.5 Å². The number of hydrogen-bond acceptors (Lipinski definition) is 2. The summed E-state index contributed by atoms with van der Waals surface area (Å²) in [5.74, 6) is 0.130. The molecule has 1 rings (SSSR count). The van der Waals surface area contributed by atoms with Gasteiger partial charge >= 0.3 is 6.03 Å². The second kappa shape index (κ2) is 3.88. The lowest BCUT2D eigenvalue weighted by Crippen LogP contribution is -2.35. The number of primary amides is 2. The summed E-state index contributed by atoms with van der Waals surface area (Å²) in [6.07, 6.45) is 1.55. The van der Waals surface area contributed by atoms with E-state index in [2.05, 4.69) is 4.99 Å². The third-order valence-corrected chi connectivity index (χ3v) is 1.78. The fourth-order valence-electron chi connectivity index (χ4n) is 1.33. The van der Waals surface area contributed by atoms with Crippen LogP contribution in [0.15, 0.2) is 4.99 Å². The summed E-state index contributed by atoms with van der Waals surface area (Å²) in [6, 6.07) is -0.730. The molecule has 1 heterocycles. The zero-order chi connectivity index (χ0) is 9.84. The second-order valence-corrected chi connectivity index (χ2v) is 2.86. The highest BCUT2D eigenvalue weighted by Crippen LogP contribution is 2.10. The molecule has 0 aromatic heterocycles. The van der Waals surface area contributed by atoms with Crippen molar-refractivity contribution in [2.45, 2.75) is 12.8 Å². The van der Waals surface area contributed by atoms with Crippen molar-refractivity contribution in [2.75, 3.05) is 13.1 Å². The highest BCUT2D eigenvalue weighted by molar-refractivity contribution is 5.95. The Labute approximate surface area is 75.6 Å². The van der Waals surface area contributed by atoms with Gasteiger partial charge in [-0.1, -0.05) is 0 Å². The number of likely N-dealkylation sites (tertiary alicyclic amines) is 1. The van der Waals surface area contributed by atoms with Gasteiger partial charge in [-0.3, -0.25) is 4.79 Å². The number of hydrogen-bond donors (Lipinski definition) is 2. The SMILES string of the molecule is NC(=O)CN1CCC/C1=N\C(N)=O. The summed E-state index contributed by atoms with van der Waals surface area (Å²) in [4.78, 5) is 26.3. The van der Waals surface area contributed by atoms with Crippen molar-refractivity contribution in [3.8, 4) is 0 Å². The topological polar surface area (TPSA) is 102 Å². The molecule has 0 bridgehead atoms. The number of rotatable bonds is 2. The van der Waals surface area contributed by atoms with E-state index in [1.807, 2.05) is 0 Å². The minimum atomic E-state index is -0.730. The van der Waals surface area contributed by atoms with E-state index in [-0.39, 0.29) is 6.54 Å². The molecular formula is C7H12N4O2. The molecule has 6 heteroatoms. The van der Waals surface area contributed by atoms with Crippen LogP contribution in [0.4, 0.5) is 4.79 Å². The molecule has 0 radical (unpaired) electrons. The Bertz CT molecular complexity index is 261. The zero-order valence-corrected chi connectivity index (χ0v) is 7.19. The number of nitrogens with two attached hydrogens (primary N) is 2. The maximum absolute atomic E-state index is 10.6. The molecule has 0 unspecified atom stereocenters. The molecule has 1 aliphatic heterocycles. The van der Waals surface area contributed by atoms with Gasteiger partial charge in [0.2, 0.25) is 5.91 Å². The first kappa shape index (κ1) is 9.50. The van der Waals surface area contributed by atoms with Crippen molar-refractivity contribution in [3.63, 3.8) is 0 Å². The molecule has 6 nitrogen and oxygen atoms in total. The number of carbonyl (C=O) groups is 2. The Hall–Kier alpha value is -1.59. The van der Waals surface area contributed by atoms with Gasteiger partial charge in [-0.05, 0) is 6.42 Å². The standard InChI is InChI=1S/C7H12N4O2/c8-5(12)4-11-3-1-2-6(11)10-7(9)13/h1-4H2,(H2,8,12)(H2,9,13)/b10-6+. The molecule has 1 aliphatic rings. The first-order valence-electron chi connectivity index (χ1n) is 4.00. The third kappa shape index (κ3) is 2.73. The Morgan fingerprint density at radius 3 is 2.69 bits per heavy atom. The zero-order valence-electron chi connectivity index (χ0n) is 7.19. The normalized spacial score (nSPS) is 19.4. The number of amidine groups is 1. The van der Waals surface area contributed by atoms with Crippen LogP contribution in [0.1, 0.15) is 12.8 Å². The van der Waals surface area contributed by atoms with Gasteiger partial charge in [-0.2, -0.15) is 4.99 Å². The summed E-state index contributed by atoms with van der Waals surface area (Å²) in [5.41, 5.74) is 9.91. The van der Waals surface area contributed by atoms with E-state index in [0.717, 1.165) is 6.42 Å². The summed E-state index contributed by atoms with van der Waals surface area (Å²) in [7, 11) is 0. The van der Waals surface area contributed by atoms with Gasteiger partial charge in [0.05, 0.1) is 6.54 Å². The first-order valence-corrected chi connectivity index (χ1v) is 4.00. The van der Waals surface area contributed by atoms with Crippen LogP contribution in [0, 0.1) is 0 Å². The van der Waals surface area contributed by atoms with E-state index < -0.39 is 11.9 Å². The number of amides is 3. The van der Waals surface area contributed by atoms with Gasteiger partial charge < -0.3 is 16.4 Å². The Morgan fingerprint density at radius 1 is 1.46 bits per heavy atom. The van der Waals surface area contributed by atoms with Gasteiger partial charge in [0.25, 0.3) is 0 Å². The Kier molecular flexibility index (Phi) is 2.84. The summed E-state index contributed by atoms with van der Waals surface area (Å²) < 4.78 is 0. The second-order valence-electron chi connectivity index (χ2n) is 2.86. The monoisotopic (exact) mass is 184 g/mol. The number of nitrogens with zero attached hydrogens (tertiary/aromatic N) is 2. The van der Waals surface area contributed by atoms with Gasteiger partial charge in [-0.15, -0.1) is 0 Å². The fraction of sp³-hybridized carbons (Fsp3) is 0.571. The summed E-state index contributed by atoms with van der Waals surface area (Å²) in [6.45, 7) is 0.807. The van der Waals surface area contributed by atoms with E-state index in [4.69, 9.17) is 11.5 Å². The lowest BCUT2D eigenvalue weighted by molar-refractivity contribution is -0.118. The van der Waals surface area contributed by atoms with Gasteiger partial charge in [0.1, 0.15) is 5.84 Å². The van der Waals surface area contributed by atoms with Crippen LogP contribution >= 0.6 is 0 Å². The van der Waals surface area contributed by atoms with Crippen LogP contribution in [-0.4, -0.2) is 35.8 Å². The van der Waals surface area contributed by atoms with Crippen molar-refractivity contribution >= 4 is 17.8 Å². The van der Waals surface area contributed by atoms with Gasteiger partial charge in [-0.25, -0.2) is 4.79 Å². The average molecular weight is 184 g/mol. The van der Waals surface area contributed by atoms with Gasteiger partial charge in [0.15, 0.2) is 0 Å². The minimum absolute atomic E-state index is 0.103. The van der Waals surface area contributed by atoms with Crippen molar-refractivity contribution in [3.05, 3.63) is 0 Å². The predicted octanol–water partition coefficient (Wildman–Crippen LogP) is -0.955. The lowest BCUT2D eigenvalue weighted by Gasteiger charge is -2.15. The maximum atomic E-state index is 10.6. The molecule has 1 saturated heterocycles. The molecule has 1 fully saturated rings. The molecule has 0 atom stereocenters. The highest BCUT2D eigenvalue weighted by atomic mass is 16.2. The molecule has 3 amide bonds. The number of urea groups is 1. The van der Waals surface area contributed by atoms with E-state index >= 15 is 0 Å². The molecule has 0 saturated carbocycles. The van der Waals surface area contributed by atoms with Crippen molar-refractivity contribution in [1.82, 2.24) is 4.90 Å². The van der Waals surface area contributed by atoms with Crippen LogP contribution in [0.2, 0.25) is 0 Å². The number of aliphatic imine (C=N–C) groups is 1. The van der Waals surface area contributed by atoms with Crippen LogP contribution in [0.25, 0.3) is 0 Å². The fourth-order valence-corrected chi connectivity index (χ4v) is 1.33. The first-order chi connectivity index (χ1) is 6.09. The summed E-state index contributed by atoms with van der Waals surface area (Å²) >= 11 is 0. The van der Waals surface area contributed by atoms with Crippen molar-refractivity contribution < 1.29 is 9.59 Å². The lowest BCUT2D eigenvalue weighted by atomic mass is 10.4. The number of carbonyl (C=O) groups excluding carboxylic acids is 2. The van der Waals surface area contributed by atoms with Crippen LogP contribution in [0.5, 0.6) is 0 Å². The quantitative estimate of drug-likeness (QED) is 0.578. The largest absolute Gasteiger partial charge is 0.368 e. The van der Waals surface area contributed by atoms with E-state index in [1.54, 1.807) is 4.90 Å². The average Bonchev–Trinajstić information content (AvgIpc) is 2.34. The third-order valence-electron chi connectivity index (χ3n) is 1.78. The molecule has 0 spiro atoms. The molecule has 0 aliphatic carbocycles. The van der Waals surface area contributed by atoms with E-state index in [9.17, 15) is 9.59 Å². The molecular weight excluding hydrogens is 172 g/mol. The smallest absolute Gasteiger partial charge is 0.339 e. The van der Waals surface area contributed by atoms with Crippen LogP contribution in [-0.2, 0) is 4.79 Å². The van der Waals surface area contributed by atoms with E-state index in [0.29, 0.717) is 18.8 Å². The Morgan fingerprint density at radius 2 is 2.15 bits per heavy atom. The summed E-state index contributed by atoms with van der Waals surface area (Å²) in [5, 5.41) is 0. The molecule has 0 aromatic rings. The minimum Gasteiger partial charge on any atom is -0.368 e. The molecule has 72 valence electrons. The van der Waals surface area contributed by atoms with Crippen LogP contribution in [0.3, 0.4) is 0 Å². The molecule has 0 aromatic carbocycles. The van der Waals surface area contributed by atoms with Gasteiger partial charge in [0, 0.05) is 13.0 Å². The highest BCUT2D eigenvalue weighted by Gasteiger charge is 2.20. The maximum Gasteiger partial charge on any atom is 0.339 e. The molecule has 4 N–H and O–H groups in total. The Balaban J connectivity index is 2.63. The predicted molar refractivity (Wildman–Crippen MR) is 47.0 cm³/mol. The van der Waals surface area contributed by atoms with E-state index in [1.165, 1.54) is 0 Å². The van der Waals surface area contributed by atoms with Crippen molar-refractivity contribution in [1.29, 1.82) is 0 Å².